The maximum atomic E-state index is 12.8. The number of thiophene rings is 1. The molecule has 138 valence electrons. The SMILES string of the molecule is CN1CCN(C(=O)CCCNC(=O)c2cccs2)C(c2ccccc2)C1. The fourth-order valence-electron chi connectivity index (χ4n) is 3.26. The normalized spacial score (nSPS) is 17.9. The molecule has 0 aliphatic carbocycles. The van der Waals surface area contributed by atoms with Gasteiger partial charge in [-0.3, -0.25) is 9.59 Å². The second kappa shape index (κ2) is 8.96. The Hall–Kier alpha value is -2.18. The average molecular weight is 372 g/mol. The molecule has 1 N–H and O–H groups in total. The number of hydrogen-bond acceptors (Lipinski definition) is 4. The van der Waals surface area contributed by atoms with Gasteiger partial charge < -0.3 is 15.1 Å². The first-order valence-electron chi connectivity index (χ1n) is 9.00. The van der Waals surface area contributed by atoms with Crippen molar-refractivity contribution in [1.82, 2.24) is 15.1 Å². The summed E-state index contributed by atoms with van der Waals surface area (Å²) in [4.78, 5) is 29.7. The Balaban J connectivity index is 1.51. The minimum Gasteiger partial charge on any atom is -0.351 e. The number of rotatable bonds is 6. The highest BCUT2D eigenvalue weighted by Gasteiger charge is 2.29. The number of carbonyl (C=O) groups excluding carboxylic acids is 2. The lowest BCUT2D eigenvalue weighted by Crippen LogP contribution is -2.49. The Bertz CT molecular complexity index is 718. The summed E-state index contributed by atoms with van der Waals surface area (Å²) in [6.45, 7) is 3.01. The van der Waals surface area contributed by atoms with Crippen LogP contribution in [0.15, 0.2) is 47.8 Å². The van der Waals surface area contributed by atoms with Gasteiger partial charge in [0.25, 0.3) is 5.91 Å². The fraction of sp³-hybridized carbons (Fsp3) is 0.400. The Morgan fingerprint density at radius 1 is 1.15 bits per heavy atom. The van der Waals surface area contributed by atoms with Crippen molar-refractivity contribution in [2.75, 3.05) is 33.2 Å². The van der Waals surface area contributed by atoms with Gasteiger partial charge in [-0.05, 0) is 30.5 Å². The molecule has 1 aromatic heterocycles. The van der Waals surface area contributed by atoms with Gasteiger partial charge in [0.05, 0.1) is 10.9 Å². The first-order chi connectivity index (χ1) is 12.6. The van der Waals surface area contributed by atoms with Gasteiger partial charge in [-0.25, -0.2) is 0 Å². The smallest absolute Gasteiger partial charge is 0.261 e. The zero-order valence-corrected chi connectivity index (χ0v) is 15.9. The van der Waals surface area contributed by atoms with Crippen molar-refractivity contribution in [2.45, 2.75) is 18.9 Å². The third-order valence-electron chi connectivity index (χ3n) is 4.69. The molecule has 3 rings (SSSR count). The molecule has 1 unspecified atom stereocenters. The lowest BCUT2D eigenvalue weighted by Gasteiger charge is -2.40. The minimum atomic E-state index is -0.0609. The predicted octanol–water partition coefficient (Wildman–Crippen LogP) is 2.77. The van der Waals surface area contributed by atoms with Crippen LogP contribution in [-0.2, 0) is 4.79 Å². The molecule has 5 nitrogen and oxygen atoms in total. The predicted molar refractivity (Wildman–Crippen MR) is 104 cm³/mol. The maximum Gasteiger partial charge on any atom is 0.261 e. The molecule has 0 radical (unpaired) electrons. The van der Waals surface area contributed by atoms with Crippen LogP contribution in [0.4, 0.5) is 0 Å². The molecule has 2 amide bonds. The van der Waals surface area contributed by atoms with Crippen molar-refractivity contribution in [3.05, 3.63) is 58.3 Å². The van der Waals surface area contributed by atoms with Gasteiger partial charge in [0.1, 0.15) is 0 Å². The van der Waals surface area contributed by atoms with Crippen molar-refractivity contribution in [2.24, 2.45) is 0 Å². The topological polar surface area (TPSA) is 52.6 Å². The highest BCUT2D eigenvalue weighted by atomic mass is 32.1. The molecule has 1 atom stereocenters. The average Bonchev–Trinajstić information content (AvgIpc) is 3.20. The third kappa shape index (κ3) is 4.71. The van der Waals surface area contributed by atoms with Crippen LogP contribution in [0.3, 0.4) is 0 Å². The molecular weight excluding hydrogens is 346 g/mol. The molecule has 6 heteroatoms. The number of nitrogens with zero attached hydrogens (tertiary/aromatic N) is 2. The van der Waals surface area contributed by atoms with E-state index in [4.69, 9.17) is 0 Å². The van der Waals surface area contributed by atoms with Crippen molar-refractivity contribution in [3.63, 3.8) is 0 Å². The number of carbonyl (C=O) groups is 2. The molecule has 2 aromatic rings. The highest BCUT2D eigenvalue weighted by Crippen LogP contribution is 2.25. The molecule has 0 saturated carbocycles. The summed E-state index contributed by atoms with van der Waals surface area (Å²) in [5.41, 5.74) is 1.18. The quantitative estimate of drug-likeness (QED) is 0.795. The van der Waals surface area contributed by atoms with Gasteiger partial charge in [0.2, 0.25) is 5.91 Å². The molecule has 2 heterocycles. The van der Waals surface area contributed by atoms with E-state index in [1.165, 1.54) is 16.9 Å². The zero-order chi connectivity index (χ0) is 18.4. The summed E-state index contributed by atoms with van der Waals surface area (Å²) in [5.74, 6) is 0.103. The number of hydrogen-bond donors (Lipinski definition) is 1. The van der Waals surface area contributed by atoms with E-state index in [9.17, 15) is 9.59 Å². The van der Waals surface area contributed by atoms with Crippen LogP contribution in [0.5, 0.6) is 0 Å². The lowest BCUT2D eigenvalue weighted by molar-refractivity contribution is -0.136. The first-order valence-corrected chi connectivity index (χ1v) is 9.88. The van der Waals surface area contributed by atoms with E-state index < -0.39 is 0 Å². The molecule has 1 aliphatic rings. The van der Waals surface area contributed by atoms with Crippen molar-refractivity contribution in [3.8, 4) is 0 Å². The molecule has 1 fully saturated rings. The molecule has 1 aliphatic heterocycles. The first kappa shape index (κ1) is 18.6. The van der Waals surface area contributed by atoms with Gasteiger partial charge in [0, 0.05) is 32.6 Å². The number of piperazine rings is 1. The zero-order valence-electron chi connectivity index (χ0n) is 15.1. The van der Waals surface area contributed by atoms with Crippen LogP contribution >= 0.6 is 11.3 Å². The Labute approximate surface area is 158 Å². The minimum absolute atomic E-state index is 0.0609. The van der Waals surface area contributed by atoms with Crippen LogP contribution < -0.4 is 5.32 Å². The van der Waals surface area contributed by atoms with Crippen LogP contribution in [0.25, 0.3) is 0 Å². The molecule has 0 bridgehead atoms. The van der Waals surface area contributed by atoms with Crippen LogP contribution in [0, 0.1) is 0 Å². The summed E-state index contributed by atoms with van der Waals surface area (Å²) >= 11 is 1.42. The van der Waals surface area contributed by atoms with Crippen LogP contribution in [0.1, 0.15) is 34.1 Å². The van der Waals surface area contributed by atoms with E-state index in [1.54, 1.807) is 6.07 Å². The Morgan fingerprint density at radius 3 is 2.69 bits per heavy atom. The highest BCUT2D eigenvalue weighted by molar-refractivity contribution is 7.12. The lowest BCUT2D eigenvalue weighted by atomic mass is 10.0. The number of nitrogens with one attached hydrogen (secondary N) is 1. The van der Waals surface area contributed by atoms with E-state index in [1.807, 2.05) is 34.5 Å². The fourth-order valence-corrected chi connectivity index (χ4v) is 3.90. The van der Waals surface area contributed by atoms with Gasteiger partial charge in [-0.1, -0.05) is 36.4 Å². The molecular formula is C20H25N3O2S. The molecule has 0 spiro atoms. The number of benzene rings is 1. The van der Waals surface area contributed by atoms with Gasteiger partial charge in [-0.2, -0.15) is 0 Å². The van der Waals surface area contributed by atoms with Crippen LogP contribution in [-0.4, -0.2) is 54.8 Å². The van der Waals surface area contributed by atoms with Crippen LogP contribution in [0.2, 0.25) is 0 Å². The van der Waals surface area contributed by atoms with Gasteiger partial charge >= 0.3 is 0 Å². The summed E-state index contributed by atoms with van der Waals surface area (Å²) in [5, 5.41) is 4.77. The summed E-state index contributed by atoms with van der Waals surface area (Å²) in [7, 11) is 2.10. The summed E-state index contributed by atoms with van der Waals surface area (Å²) in [6.07, 6.45) is 1.11. The third-order valence-corrected chi connectivity index (χ3v) is 5.55. The van der Waals surface area contributed by atoms with E-state index in [2.05, 4.69) is 29.4 Å². The van der Waals surface area contributed by atoms with E-state index in [-0.39, 0.29) is 17.9 Å². The summed E-state index contributed by atoms with van der Waals surface area (Å²) < 4.78 is 0. The number of amides is 2. The van der Waals surface area contributed by atoms with Crippen molar-refractivity contribution >= 4 is 23.2 Å². The maximum absolute atomic E-state index is 12.8. The second-order valence-corrected chi connectivity index (χ2v) is 7.56. The Kier molecular flexibility index (Phi) is 6.41. The number of likely N-dealkylation sites (N-methyl/N-ethyl adjacent to an activating group) is 1. The Morgan fingerprint density at radius 2 is 1.96 bits per heavy atom. The standard InChI is InChI=1S/C20H25N3O2S/c1-22-12-13-23(17(15-22)16-7-3-2-4-8-16)19(24)10-5-11-21-20(25)18-9-6-14-26-18/h2-4,6-9,14,17H,5,10-13,15H2,1H3,(H,21,25). The molecule has 1 aromatic carbocycles. The van der Waals surface area contributed by atoms with Crippen molar-refractivity contribution < 1.29 is 9.59 Å². The van der Waals surface area contributed by atoms with Gasteiger partial charge in [-0.15, -0.1) is 11.3 Å². The monoisotopic (exact) mass is 371 g/mol. The second-order valence-electron chi connectivity index (χ2n) is 6.61. The summed E-state index contributed by atoms with van der Waals surface area (Å²) in [6, 6.07) is 14.0. The van der Waals surface area contributed by atoms with E-state index in [0.717, 1.165) is 19.6 Å². The molecule has 26 heavy (non-hydrogen) atoms. The molecule has 1 saturated heterocycles. The van der Waals surface area contributed by atoms with E-state index >= 15 is 0 Å². The largest absolute Gasteiger partial charge is 0.351 e. The van der Waals surface area contributed by atoms with Crippen molar-refractivity contribution in [1.29, 1.82) is 0 Å². The van der Waals surface area contributed by atoms with Gasteiger partial charge in [0.15, 0.2) is 0 Å². The van der Waals surface area contributed by atoms with E-state index in [0.29, 0.717) is 24.3 Å².